The van der Waals surface area contributed by atoms with Gasteiger partial charge in [0.25, 0.3) is 0 Å². The predicted octanol–water partition coefficient (Wildman–Crippen LogP) is 15.7. The van der Waals surface area contributed by atoms with Crippen molar-refractivity contribution in [1.82, 2.24) is 0 Å². The molecule has 0 saturated heterocycles. The first-order valence-corrected chi connectivity index (χ1v) is 27.9. The molecule has 9 rings (SSSR count). The molecule has 0 saturated carbocycles. The molecule has 0 aliphatic carbocycles. The van der Waals surface area contributed by atoms with E-state index in [-0.39, 0.29) is 0 Å². The molecule has 0 N–H and O–H groups in total. The summed E-state index contributed by atoms with van der Waals surface area (Å²) in [6.45, 7) is 0. The van der Waals surface area contributed by atoms with E-state index in [1.54, 1.807) is 0 Å². The van der Waals surface area contributed by atoms with Gasteiger partial charge >= 0.3 is 377 Å². The normalized spacial score (nSPS) is 12.7. The quantitative estimate of drug-likeness (QED) is 0.0959. The SMILES string of the molecule is c1ccc(S([O][Sb]([O]S(c2ccccc2)(c2ccccc2)c2ccccc2)[O]S(c2ccccc2)(c2ccccc2)c2ccccc2)(c2ccccc2)c2ccccc2)cc1. The second-order valence-electron chi connectivity index (χ2n) is 13.9. The van der Waals surface area contributed by atoms with E-state index in [0.717, 1.165) is 44.1 Å². The Labute approximate surface area is 373 Å². The molecule has 9 aromatic carbocycles. The van der Waals surface area contributed by atoms with Crippen molar-refractivity contribution in [3.63, 3.8) is 0 Å². The molecule has 0 spiro atoms. The Hall–Kier alpha value is -5.27. The second kappa shape index (κ2) is 19.2. The van der Waals surface area contributed by atoms with Gasteiger partial charge in [0, 0.05) is 0 Å². The van der Waals surface area contributed by atoms with Gasteiger partial charge < -0.3 is 0 Å². The van der Waals surface area contributed by atoms with Crippen molar-refractivity contribution in [3.8, 4) is 0 Å². The van der Waals surface area contributed by atoms with E-state index in [2.05, 4.69) is 273 Å². The molecule has 9 aromatic rings. The van der Waals surface area contributed by atoms with Crippen molar-refractivity contribution >= 4 is 52.4 Å². The van der Waals surface area contributed by atoms with Gasteiger partial charge in [0.15, 0.2) is 0 Å². The molecule has 0 bridgehead atoms. The van der Waals surface area contributed by atoms with Crippen LogP contribution in [0.5, 0.6) is 0 Å². The molecule has 7 heteroatoms. The van der Waals surface area contributed by atoms with Crippen LogP contribution in [-0.4, -0.2) is 21.5 Å². The number of benzene rings is 9. The van der Waals surface area contributed by atoms with E-state index < -0.39 is 52.4 Å². The van der Waals surface area contributed by atoms with E-state index >= 15 is 0 Å². The number of hydrogen-bond acceptors (Lipinski definition) is 3. The summed E-state index contributed by atoms with van der Waals surface area (Å²) in [5.74, 6) is 0. The van der Waals surface area contributed by atoms with Crippen LogP contribution in [0.1, 0.15) is 0 Å². The monoisotopic (exact) mass is 958 g/mol. The van der Waals surface area contributed by atoms with Crippen molar-refractivity contribution < 1.29 is 7.38 Å². The van der Waals surface area contributed by atoms with Crippen LogP contribution >= 0.6 is 30.9 Å². The van der Waals surface area contributed by atoms with Gasteiger partial charge in [-0.25, -0.2) is 0 Å². The van der Waals surface area contributed by atoms with Crippen LogP contribution in [0.25, 0.3) is 0 Å². The van der Waals surface area contributed by atoms with Crippen LogP contribution in [0.15, 0.2) is 317 Å². The Balaban J connectivity index is 1.39. The Morgan fingerprint density at radius 2 is 0.295 bits per heavy atom. The standard InChI is InChI=1S/3C18H16OS.Sb/c3*19-20(16-10-4-1-5-11-16,17-12-6-2-7-13-17)18-14-8-3-9-15-18;/h3*1-15,19H;/q;;;+3/p-3. The van der Waals surface area contributed by atoms with Crippen molar-refractivity contribution in [2.75, 3.05) is 0 Å². The van der Waals surface area contributed by atoms with Crippen LogP contribution in [0.4, 0.5) is 0 Å². The van der Waals surface area contributed by atoms with Gasteiger partial charge in [-0.15, -0.1) is 0 Å². The van der Waals surface area contributed by atoms with Crippen LogP contribution in [0.3, 0.4) is 0 Å². The predicted molar refractivity (Wildman–Crippen MR) is 254 cm³/mol. The topological polar surface area (TPSA) is 27.7 Å². The summed E-state index contributed by atoms with van der Waals surface area (Å²) in [6.07, 6.45) is 0. The summed E-state index contributed by atoms with van der Waals surface area (Å²) in [4.78, 5) is 9.57. The van der Waals surface area contributed by atoms with Crippen molar-refractivity contribution in [1.29, 1.82) is 0 Å². The fourth-order valence-electron chi connectivity index (χ4n) is 7.43. The zero-order valence-corrected chi connectivity index (χ0v) is 38.4. The third-order valence-electron chi connectivity index (χ3n) is 10.2. The van der Waals surface area contributed by atoms with E-state index in [9.17, 15) is 0 Å². The van der Waals surface area contributed by atoms with Gasteiger partial charge in [-0.2, -0.15) is 0 Å². The molecule has 0 aliphatic rings. The molecule has 0 aliphatic heterocycles. The van der Waals surface area contributed by atoms with E-state index in [1.807, 2.05) is 0 Å². The van der Waals surface area contributed by atoms with E-state index in [0.29, 0.717) is 0 Å². The molecule has 0 fully saturated rings. The first-order valence-electron chi connectivity index (χ1n) is 20.1. The molecule has 61 heavy (non-hydrogen) atoms. The minimum absolute atomic E-state index is 1.06. The van der Waals surface area contributed by atoms with Gasteiger partial charge in [-0.05, 0) is 0 Å². The van der Waals surface area contributed by atoms with Gasteiger partial charge in [-0.3, -0.25) is 0 Å². The summed E-state index contributed by atoms with van der Waals surface area (Å²) < 4.78 is 24.9. The first-order chi connectivity index (χ1) is 30.2. The fourth-order valence-corrected chi connectivity index (χ4v) is 29.6. The maximum absolute atomic E-state index is 8.30. The van der Waals surface area contributed by atoms with Crippen molar-refractivity contribution in [2.45, 2.75) is 44.1 Å². The molecular weight excluding hydrogens is 915 g/mol. The van der Waals surface area contributed by atoms with Gasteiger partial charge in [-0.1, -0.05) is 0 Å². The van der Waals surface area contributed by atoms with Gasteiger partial charge in [0.05, 0.1) is 0 Å². The minimum atomic E-state index is -4.25. The van der Waals surface area contributed by atoms with Crippen molar-refractivity contribution in [3.05, 3.63) is 273 Å². The summed E-state index contributed by atoms with van der Waals surface area (Å²) in [7, 11) is -7.53. The van der Waals surface area contributed by atoms with Crippen LogP contribution < -0.4 is 0 Å². The fraction of sp³-hybridized carbons (Fsp3) is 0. The third-order valence-corrected chi connectivity index (χ3v) is 28.5. The zero-order chi connectivity index (χ0) is 41.2. The number of rotatable bonds is 15. The summed E-state index contributed by atoms with van der Waals surface area (Å²) in [5.41, 5.74) is 0. The second-order valence-corrected chi connectivity index (χ2v) is 27.1. The van der Waals surface area contributed by atoms with Crippen LogP contribution in [0, 0.1) is 0 Å². The van der Waals surface area contributed by atoms with Gasteiger partial charge in [0.1, 0.15) is 0 Å². The first kappa shape index (κ1) is 41.1. The average molecular weight is 960 g/mol. The summed E-state index contributed by atoms with van der Waals surface area (Å²) >= 11 is -4.25. The molecule has 0 heterocycles. The molecule has 0 unspecified atom stereocenters. The Bertz CT molecular complexity index is 2110. The third kappa shape index (κ3) is 8.26. The summed E-state index contributed by atoms with van der Waals surface area (Å²) in [6, 6.07) is 96.2. The van der Waals surface area contributed by atoms with Crippen molar-refractivity contribution in [2.24, 2.45) is 0 Å². The van der Waals surface area contributed by atoms with Crippen LogP contribution in [-0.2, 0) is 7.38 Å². The number of hydrogen-bond donors (Lipinski definition) is 0. The van der Waals surface area contributed by atoms with E-state index in [1.165, 1.54) is 0 Å². The molecular formula is C54H45O3S3Sb. The van der Waals surface area contributed by atoms with Gasteiger partial charge in [0.2, 0.25) is 0 Å². The average Bonchev–Trinajstić information content (AvgIpc) is 3.36. The van der Waals surface area contributed by atoms with Crippen LogP contribution in [0.2, 0.25) is 0 Å². The Morgan fingerprint density at radius 3 is 0.410 bits per heavy atom. The molecule has 0 atom stereocenters. The maximum atomic E-state index is 8.30. The summed E-state index contributed by atoms with van der Waals surface area (Å²) in [5, 5.41) is 0. The zero-order valence-electron chi connectivity index (χ0n) is 33.4. The van der Waals surface area contributed by atoms with E-state index in [4.69, 9.17) is 7.38 Å². The molecule has 0 aromatic heterocycles. The Morgan fingerprint density at radius 1 is 0.180 bits per heavy atom. The molecule has 0 amide bonds. The Kier molecular flexibility index (Phi) is 12.9. The molecule has 0 radical (unpaired) electrons. The molecule has 3 nitrogen and oxygen atoms in total. The molecule has 302 valence electrons.